The van der Waals surface area contributed by atoms with E-state index >= 15 is 0 Å². The molecule has 4 nitrogen and oxygen atoms in total. The van der Waals surface area contributed by atoms with Gasteiger partial charge in [0.15, 0.2) is 0 Å². The van der Waals surface area contributed by atoms with Crippen molar-refractivity contribution in [3.8, 4) is 0 Å². The SMILES string of the molecule is CN(Cc1cccc(Cl)c1)C(=O)CSc1ncnc2ccccc12. The lowest BCUT2D eigenvalue weighted by Gasteiger charge is -2.17. The second kappa shape index (κ2) is 7.64. The number of nitrogens with zero attached hydrogens (tertiary/aromatic N) is 3. The summed E-state index contributed by atoms with van der Waals surface area (Å²) in [6, 6.07) is 15.3. The number of rotatable bonds is 5. The molecule has 0 fully saturated rings. The Kier molecular flexibility index (Phi) is 5.33. The number of carbonyl (C=O) groups is 1. The molecule has 0 bridgehead atoms. The van der Waals surface area contributed by atoms with Crippen LogP contribution in [0.1, 0.15) is 5.56 Å². The van der Waals surface area contributed by atoms with E-state index in [4.69, 9.17) is 11.6 Å². The van der Waals surface area contributed by atoms with Gasteiger partial charge in [-0.15, -0.1) is 0 Å². The van der Waals surface area contributed by atoms with E-state index < -0.39 is 0 Å². The van der Waals surface area contributed by atoms with Crippen molar-refractivity contribution in [2.24, 2.45) is 0 Å². The number of hydrogen-bond donors (Lipinski definition) is 0. The molecule has 0 aliphatic heterocycles. The molecule has 24 heavy (non-hydrogen) atoms. The van der Waals surface area contributed by atoms with Crippen LogP contribution in [-0.2, 0) is 11.3 Å². The first kappa shape index (κ1) is 16.7. The summed E-state index contributed by atoms with van der Waals surface area (Å²) in [7, 11) is 1.79. The third-order valence-electron chi connectivity index (χ3n) is 3.57. The summed E-state index contributed by atoms with van der Waals surface area (Å²) in [6.45, 7) is 0.532. The topological polar surface area (TPSA) is 46.1 Å². The summed E-state index contributed by atoms with van der Waals surface area (Å²) in [5.41, 5.74) is 1.89. The summed E-state index contributed by atoms with van der Waals surface area (Å²) in [5, 5.41) is 2.47. The van der Waals surface area contributed by atoms with Crippen molar-refractivity contribution in [2.45, 2.75) is 11.6 Å². The number of thioether (sulfide) groups is 1. The van der Waals surface area contributed by atoms with Crippen LogP contribution in [0.15, 0.2) is 59.9 Å². The number of hydrogen-bond acceptors (Lipinski definition) is 4. The number of amides is 1. The average molecular weight is 358 g/mol. The van der Waals surface area contributed by atoms with E-state index in [0.717, 1.165) is 21.5 Å². The third kappa shape index (κ3) is 4.04. The summed E-state index contributed by atoms with van der Waals surface area (Å²) in [6.07, 6.45) is 1.53. The molecule has 0 spiro atoms. The highest BCUT2D eigenvalue weighted by atomic mass is 35.5. The van der Waals surface area contributed by atoms with Gasteiger partial charge in [0.1, 0.15) is 11.4 Å². The van der Waals surface area contributed by atoms with Crippen LogP contribution in [0, 0.1) is 0 Å². The van der Waals surface area contributed by atoms with Gasteiger partial charge in [0, 0.05) is 24.0 Å². The summed E-state index contributed by atoms with van der Waals surface area (Å²) < 4.78 is 0. The summed E-state index contributed by atoms with van der Waals surface area (Å²) in [4.78, 5) is 22.6. The predicted molar refractivity (Wildman–Crippen MR) is 98.2 cm³/mol. The Morgan fingerprint density at radius 3 is 2.83 bits per heavy atom. The first-order chi connectivity index (χ1) is 11.6. The second-order valence-corrected chi connectivity index (χ2v) is 6.76. The fraction of sp³-hybridized carbons (Fsp3) is 0.167. The molecule has 0 atom stereocenters. The van der Waals surface area contributed by atoms with Crippen molar-refractivity contribution < 1.29 is 4.79 Å². The van der Waals surface area contributed by atoms with E-state index in [-0.39, 0.29) is 5.91 Å². The highest BCUT2D eigenvalue weighted by Gasteiger charge is 2.12. The zero-order chi connectivity index (χ0) is 16.9. The first-order valence-electron chi connectivity index (χ1n) is 7.44. The van der Waals surface area contributed by atoms with Crippen molar-refractivity contribution in [1.29, 1.82) is 0 Å². The zero-order valence-corrected chi connectivity index (χ0v) is 14.7. The molecular weight excluding hydrogens is 342 g/mol. The van der Waals surface area contributed by atoms with E-state index in [2.05, 4.69) is 9.97 Å². The summed E-state index contributed by atoms with van der Waals surface area (Å²) in [5.74, 6) is 0.376. The van der Waals surface area contributed by atoms with Crippen LogP contribution >= 0.6 is 23.4 Å². The summed E-state index contributed by atoms with van der Waals surface area (Å²) >= 11 is 7.41. The van der Waals surface area contributed by atoms with Gasteiger partial charge in [-0.05, 0) is 23.8 Å². The minimum atomic E-state index is 0.0441. The lowest BCUT2D eigenvalue weighted by Crippen LogP contribution is -2.27. The second-order valence-electron chi connectivity index (χ2n) is 5.36. The molecule has 1 amide bonds. The molecule has 0 saturated carbocycles. The fourth-order valence-corrected chi connectivity index (χ4v) is 3.48. The van der Waals surface area contributed by atoms with Crippen LogP contribution in [0.4, 0.5) is 0 Å². The molecular formula is C18H16ClN3OS. The van der Waals surface area contributed by atoms with Crippen molar-refractivity contribution in [3.05, 3.63) is 65.4 Å². The maximum atomic E-state index is 12.4. The minimum Gasteiger partial charge on any atom is -0.341 e. The average Bonchev–Trinajstić information content (AvgIpc) is 2.59. The number of para-hydroxylation sites is 1. The van der Waals surface area contributed by atoms with Crippen molar-refractivity contribution >= 4 is 40.2 Å². The lowest BCUT2D eigenvalue weighted by atomic mass is 10.2. The maximum absolute atomic E-state index is 12.4. The van der Waals surface area contributed by atoms with Crippen LogP contribution in [-0.4, -0.2) is 33.6 Å². The van der Waals surface area contributed by atoms with E-state index in [1.807, 2.05) is 48.5 Å². The van der Waals surface area contributed by atoms with Crippen molar-refractivity contribution in [3.63, 3.8) is 0 Å². The van der Waals surface area contributed by atoms with Crippen molar-refractivity contribution in [2.75, 3.05) is 12.8 Å². The number of aromatic nitrogens is 2. The zero-order valence-electron chi connectivity index (χ0n) is 13.1. The number of halogens is 1. The van der Waals surface area contributed by atoms with Gasteiger partial charge in [0.2, 0.25) is 5.91 Å². The van der Waals surface area contributed by atoms with E-state index in [1.54, 1.807) is 11.9 Å². The van der Waals surface area contributed by atoms with Crippen LogP contribution in [0.3, 0.4) is 0 Å². The molecule has 0 saturated heterocycles. The fourth-order valence-electron chi connectivity index (χ4n) is 2.33. The Morgan fingerprint density at radius 2 is 2.00 bits per heavy atom. The Labute approximate surface area is 149 Å². The number of benzene rings is 2. The van der Waals surface area contributed by atoms with E-state index in [0.29, 0.717) is 17.3 Å². The van der Waals surface area contributed by atoms with Crippen LogP contribution < -0.4 is 0 Å². The lowest BCUT2D eigenvalue weighted by molar-refractivity contribution is -0.127. The monoisotopic (exact) mass is 357 g/mol. The molecule has 1 heterocycles. The van der Waals surface area contributed by atoms with Gasteiger partial charge in [-0.25, -0.2) is 9.97 Å². The Balaban J connectivity index is 1.64. The molecule has 0 aliphatic carbocycles. The molecule has 0 radical (unpaired) electrons. The third-order valence-corrected chi connectivity index (χ3v) is 4.80. The maximum Gasteiger partial charge on any atom is 0.233 e. The van der Waals surface area contributed by atoms with Gasteiger partial charge in [-0.2, -0.15) is 0 Å². The molecule has 6 heteroatoms. The smallest absolute Gasteiger partial charge is 0.233 e. The Morgan fingerprint density at radius 1 is 1.17 bits per heavy atom. The molecule has 3 rings (SSSR count). The van der Waals surface area contributed by atoms with E-state index in [9.17, 15) is 4.79 Å². The van der Waals surface area contributed by atoms with E-state index in [1.165, 1.54) is 18.1 Å². The van der Waals surface area contributed by atoms with Crippen LogP contribution in [0.5, 0.6) is 0 Å². The minimum absolute atomic E-state index is 0.0441. The van der Waals surface area contributed by atoms with Crippen molar-refractivity contribution in [1.82, 2.24) is 14.9 Å². The highest BCUT2D eigenvalue weighted by molar-refractivity contribution is 8.00. The van der Waals surface area contributed by atoms with Crippen LogP contribution in [0.2, 0.25) is 5.02 Å². The molecule has 1 aromatic heterocycles. The number of fused-ring (bicyclic) bond motifs is 1. The van der Waals surface area contributed by atoms with Gasteiger partial charge < -0.3 is 4.90 Å². The molecule has 0 aliphatic rings. The molecule has 2 aromatic carbocycles. The molecule has 3 aromatic rings. The largest absolute Gasteiger partial charge is 0.341 e. The molecule has 0 N–H and O–H groups in total. The molecule has 122 valence electrons. The quantitative estimate of drug-likeness (QED) is 0.511. The Hall–Kier alpha value is -2.11. The van der Waals surface area contributed by atoms with Crippen LogP contribution in [0.25, 0.3) is 10.9 Å². The van der Waals surface area contributed by atoms with Gasteiger partial charge >= 0.3 is 0 Å². The predicted octanol–water partition coefficient (Wildman–Crippen LogP) is 4.03. The Bertz CT molecular complexity index is 866. The van der Waals surface area contributed by atoms with Gasteiger partial charge in [-0.3, -0.25) is 4.79 Å². The normalized spacial score (nSPS) is 10.8. The molecule has 0 unspecified atom stereocenters. The highest BCUT2D eigenvalue weighted by Crippen LogP contribution is 2.24. The standard InChI is InChI=1S/C18H16ClN3OS/c1-22(10-13-5-4-6-14(19)9-13)17(23)11-24-18-15-7-2-3-8-16(15)20-12-21-18/h2-9,12H,10-11H2,1H3. The first-order valence-corrected chi connectivity index (χ1v) is 8.81. The van der Waals surface area contributed by atoms with Gasteiger partial charge in [0.05, 0.1) is 11.3 Å². The number of carbonyl (C=O) groups excluding carboxylic acids is 1. The van der Waals surface area contributed by atoms with Gasteiger partial charge in [0.25, 0.3) is 0 Å². The van der Waals surface area contributed by atoms with Gasteiger partial charge in [-0.1, -0.05) is 53.7 Å².